The van der Waals surface area contributed by atoms with Gasteiger partial charge in [-0.25, -0.2) is 10.3 Å². The molecule has 18 heavy (non-hydrogen) atoms. The van der Waals surface area contributed by atoms with Gasteiger partial charge in [-0.05, 0) is 24.1 Å². The van der Waals surface area contributed by atoms with Crippen LogP contribution >= 0.6 is 0 Å². The fourth-order valence-corrected chi connectivity index (χ4v) is 1.21. The summed E-state index contributed by atoms with van der Waals surface area (Å²) in [5, 5.41) is 8.28. The summed E-state index contributed by atoms with van der Waals surface area (Å²) in [7, 11) is 0. The quantitative estimate of drug-likeness (QED) is 0.701. The first kappa shape index (κ1) is 14.0. The highest BCUT2D eigenvalue weighted by atomic mass is 16.7. The van der Waals surface area contributed by atoms with Gasteiger partial charge in [-0.2, -0.15) is 0 Å². The molecule has 98 valence electrons. The van der Waals surface area contributed by atoms with Crippen molar-refractivity contribution in [1.82, 2.24) is 5.48 Å². The Kier molecular flexibility index (Phi) is 5.66. The van der Waals surface area contributed by atoms with Crippen molar-refractivity contribution in [2.75, 3.05) is 13.2 Å². The predicted molar refractivity (Wildman–Crippen MR) is 63.0 cm³/mol. The molecular weight excluding hydrogens is 238 g/mol. The lowest BCUT2D eigenvalue weighted by Crippen LogP contribution is -2.30. The van der Waals surface area contributed by atoms with Crippen molar-refractivity contribution < 1.29 is 24.3 Å². The molecular formula is C12H15NO5. The minimum absolute atomic E-state index is 0.229. The Labute approximate surface area is 104 Å². The molecule has 1 rings (SSSR count). The summed E-state index contributed by atoms with van der Waals surface area (Å²) >= 11 is 0. The highest BCUT2D eigenvalue weighted by Crippen LogP contribution is 2.13. The van der Waals surface area contributed by atoms with Crippen molar-refractivity contribution in [2.45, 2.75) is 13.3 Å². The van der Waals surface area contributed by atoms with Crippen LogP contribution in [0.5, 0.6) is 5.75 Å². The molecule has 0 spiro atoms. The van der Waals surface area contributed by atoms with Crippen LogP contribution in [0.4, 0.5) is 0 Å². The number of ether oxygens (including phenoxy) is 1. The highest BCUT2D eigenvalue weighted by molar-refractivity contribution is 5.76. The fraction of sp³-hybridized carbons (Fsp3) is 0.333. The molecule has 0 fully saturated rings. The number of aliphatic carboxylic acids is 1. The van der Waals surface area contributed by atoms with Gasteiger partial charge in [0.05, 0.1) is 0 Å². The van der Waals surface area contributed by atoms with Crippen LogP contribution in [0.25, 0.3) is 0 Å². The molecule has 0 saturated carbocycles. The molecule has 0 unspecified atom stereocenters. The first-order chi connectivity index (χ1) is 8.61. The zero-order chi connectivity index (χ0) is 13.4. The van der Waals surface area contributed by atoms with E-state index in [2.05, 4.69) is 4.84 Å². The lowest BCUT2D eigenvalue weighted by molar-refractivity contribution is -0.149. The first-order valence-corrected chi connectivity index (χ1v) is 5.46. The van der Waals surface area contributed by atoms with Crippen LogP contribution in [0.15, 0.2) is 24.3 Å². The van der Waals surface area contributed by atoms with Gasteiger partial charge in [0.1, 0.15) is 5.75 Å². The van der Waals surface area contributed by atoms with Gasteiger partial charge in [-0.15, -0.1) is 0 Å². The zero-order valence-electron chi connectivity index (χ0n) is 10.0. The van der Waals surface area contributed by atoms with E-state index in [1.54, 1.807) is 6.07 Å². The van der Waals surface area contributed by atoms with Crippen molar-refractivity contribution in [1.29, 1.82) is 0 Å². The molecule has 0 bridgehead atoms. The third-order valence-corrected chi connectivity index (χ3v) is 2.06. The van der Waals surface area contributed by atoms with E-state index >= 15 is 0 Å². The summed E-state index contributed by atoms with van der Waals surface area (Å²) in [6, 6.07) is 7.38. The van der Waals surface area contributed by atoms with Crippen LogP contribution in [0.2, 0.25) is 0 Å². The van der Waals surface area contributed by atoms with E-state index in [-0.39, 0.29) is 6.61 Å². The summed E-state index contributed by atoms with van der Waals surface area (Å²) < 4.78 is 5.23. The third kappa shape index (κ3) is 5.31. The maximum Gasteiger partial charge on any atom is 0.332 e. The number of hydroxylamine groups is 1. The Balaban J connectivity index is 2.31. The molecule has 6 nitrogen and oxygen atoms in total. The Bertz CT molecular complexity index is 419. The van der Waals surface area contributed by atoms with E-state index < -0.39 is 18.5 Å². The summed E-state index contributed by atoms with van der Waals surface area (Å²) in [6.07, 6.45) is 0.880. The van der Waals surface area contributed by atoms with Gasteiger partial charge in [-0.1, -0.05) is 19.1 Å². The van der Waals surface area contributed by atoms with Crippen molar-refractivity contribution in [3.63, 3.8) is 0 Å². The molecule has 2 N–H and O–H groups in total. The van der Waals surface area contributed by atoms with E-state index in [1.807, 2.05) is 30.6 Å². The number of carbonyl (C=O) groups is 2. The Morgan fingerprint density at radius 2 is 2.11 bits per heavy atom. The number of hydrogen-bond acceptors (Lipinski definition) is 4. The van der Waals surface area contributed by atoms with Crippen molar-refractivity contribution in [3.05, 3.63) is 29.8 Å². The topological polar surface area (TPSA) is 84.9 Å². The van der Waals surface area contributed by atoms with Crippen LogP contribution in [0.3, 0.4) is 0 Å². The number of rotatable bonds is 7. The van der Waals surface area contributed by atoms with E-state index in [4.69, 9.17) is 9.84 Å². The second-order valence-corrected chi connectivity index (χ2v) is 3.50. The maximum atomic E-state index is 11.2. The summed E-state index contributed by atoms with van der Waals surface area (Å²) in [5.41, 5.74) is 3.07. The van der Waals surface area contributed by atoms with E-state index in [0.29, 0.717) is 5.75 Å². The number of benzene rings is 1. The highest BCUT2D eigenvalue weighted by Gasteiger charge is 2.04. The lowest BCUT2D eigenvalue weighted by Gasteiger charge is -2.07. The lowest BCUT2D eigenvalue weighted by atomic mass is 10.2. The number of carboxylic acid groups (broad SMARTS) is 1. The molecule has 0 saturated heterocycles. The molecule has 0 atom stereocenters. The van der Waals surface area contributed by atoms with Crippen molar-refractivity contribution >= 4 is 11.9 Å². The minimum Gasteiger partial charge on any atom is -0.484 e. The molecule has 6 heteroatoms. The number of aryl methyl sites for hydroxylation is 1. The van der Waals surface area contributed by atoms with Gasteiger partial charge in [0.25, 0.3) is 5.91 Å². The second-order valence-electron chi connectivity index (χ2n) is 3.50. The fourth-order valence-electron chi connectivity index (χ4n) is 1.21. The minimum atomic E-state index is -1.16. The van der Waals surface area contributed by atoms with Crippen molar-refractivity contribution in [3.8, 4) is 5.75 Å². The monoisotopic (exact) mass is 253 g/mol. The normalized spacial score (nSPS) is 9.83. The molecule has 0 aliphatic heterocycles. The molecule has 0 aromatic heterocycles. The maximum absolute atomic E-state index is 11.2. The van der Waals surface area contributed by atoms with Gasteiger partial charge in [0.15, 0.2) is 13.2 Å². The smallest absolute Gasteiger partial charge is 0.332 e. The number of carbonyl (C=O) groups excluding carboxylic acids is 1. The van der Waals surface area contributed by atoms with Gasteiger partial charge in [0.2, 0.25) is 0 Å². The van der Waals surface area contributed by atoms with Crippen LogP contribution in [0.1, 0.15) is 12.5 Å². The van der Waals surface area contributed by atoms with Crippen LogP contribution in [-0.2, 0) is 20.8 Å². The van der Waals surface area contributed by atoms with Gasteiger partial charge < -0.3 is 9.84 Å². The molecule has 0 radical (unpaired) electrons. The second kappa shape index (κ2) is 7.29. The molecule has 1 aromatic rings. The Morgan fingerprint density at radius 1 is 1.33 bits per heavy atom. The van der Waals surface area contributed by atoms with Crippen molar-refractivity contribution in [2.24, 2.45) is 0 Å². The molecule has 1 amide bonds. The largest absolute Gasteiger partial charge is 0.484 e. The van der Waals surface area contributed by atoms with Gasteiger partial charge >= 0.3 is 5.97 Å². The molecule has 0 aliphatic carbocycles. The van der Waals surface area contributed by atoms with E-state index in [9.17, 15) is 9.59 Å². The average molecular weight is 253 g/mol. The van der Waals surface area contributed by atoms with Crippen LogP contribution in [0, 0.1) is 0 Å². The molecule has 0 aliphatic rings. The predicted octanol–water partition coefficient (Wildman–Crippen LogP) is 0.760. The third-order valence-electron chi connectivity index (χ3n) is 2.06. The Morgan fingerprint density at radius 3 is 2.78 bits per heavy atom. The number of amides is 1. The first-order valence-electron chi connectivity index (χ1n) is 5.46. The summed E-state index contributed by atoms with van der Waals surface area (Å²) in [5.74, 6) is -1.12. The SMILES string of the molecule is CCc1cccc(OCC(=O)NOCC(=O)O)c1. The standard InChI is InChI=1S/C12H15NO5/c1-2-9-4-3-5-10(6-9)17-7-11(14)13-18-8-12(15)16/h3-6H,2,7-8H2,1H3,(H,13,14)(H,15,16). The van der Waals surface area contributed by atoms with Gasteiger partial charge in [0, 0.05) is 0 Å². The zero-order valence-corrected chi connectivity index (χ0v) is 10.0. The Hall–Kier alpha value is -2.08. The van der Waals surface area contributed by atoms with Gasteiger partial charge in [-0.3, -0.25) is 9.63 Å². The number of carboxylic acids is 1. The number of hydrogen-bond donors (Lipinski definition) is 2. The average Bonchev–Trinajstić information content (AvgIpc) is 2.36. The molecule has 1 aromatic carbocycles. The number of nitrogens with one attached hydrogen (secondary N) is 1. The molecule has 0 heterocycles. The summed E-state index contributed by atoms with van der Waals surface area (Å²) in [4.78, 5) is 25.7. The van der Waals surface area contributed by atoms with E-state index in [1.165, 1.54) is 0 Å². The van der Waals surface area contributed by atoms with Crippen LogP contribution in [-0.4, -0.2) is 30.2 Å². The van der Waals surface area contributed by atoms with E-state index in [0.717, 1.165) is 12.0 Å². The summed E-state index contributed by atoms with van der Waals surface area (Å²) in [6.45, 7) is 1.20. The van der Waals surface area contributed by atoms with Crippen LogP contribution < -0.4 is 10.2 Å².